The minimum atomic E-state index is -1.05. The summed E-state index contributed by atoms with van der Waals surface area (Å²) in [6, 6.07) is 0. The van der Waals surface area contributed by atoms with E-state index >= 15 is 0 Å². The molecule has 0 fully saturated rings. The highest BCUT2D eigenvalue weighted by molar-refractivity contribution is 5.14. The third-order valence-electron chi connectivity index (χ3n) is 1.37. The Balaban J connectivity index is 2.63. The average Bonchev–Trinajstić information content (AvgIpc) is 1.90. The molecule has 2 heteroatoms. The maximum atomic E-state index is 9.32. The highest BCUT2D eigenvalue weighted by atomic mass is 16.6. The lowest BCUT2D eigenvalue weighted by Gasteiger charge is -2.22. The number of aliphatic hydroxyl groups is 1. The first kappa shape index (κ1) is 6.52. The van der Waals surface area contributed by atoms with Crippen molar-refractivity contribution in [2.75, 3.05) is 7.11 Å². The fourth-order valence-corrected chi connectivity index (χ4v) is 0.741. The van der Waals surface area contributed by atoms with E-state index in [0.29, 0.717) is 6.42 Å². The summed E-state index contributed by atoms with van der Waals surface area (Å²) in [7, 11) is 1.49. The summed E-state index contributed by atoms with van der Waals surface area (Å²) in [5, 5.41) is 9.32. The summed E-state index contributed by atoms with van der Waals surface area (Å²) in [6.07, 6.45) is 7.69. The Morgan fingerprint density at radius 1 is 1.56 bits per heavy atom. The topological polar surface area (TPSA) is 29.5 Å². The molecule has 0 aromatic rings. The molecule has 0 amide bonds. The SMILES string of the molecule is COC1(O)C=CC=CC1. The van der Waals surface area contributed by atoms with Crippen molar-refractivity contribution in [1.29, 1.82) is 0 Å². The molecule has 1 aliphatic rings. The molecule has 2 nitrogen and oxygen atoms in total. The fourth-order valence-electron chi connectivity index (χ4n) is 0.741. The van der Waals surface area contributed by atoms with Gasteiger partial charge < -0.3 is 9.84 Å². The molecule has 0 aliphatic heterocycles. The van der Waals surface area contributed by atoms with E-state index in [4.69, 9.17) is 4.74 Å². The van der Waals surface area contributed by atoms with Crippen LogP contribution >= 0.6 is 0 Å². The van der Waals surface area contributed by atoms with Crippen molar-refractivity contribution in [3.8, 4) is 0 Å². The zero-order valence-corrected chi connectivity index (χ0v) is 5.37. The first-order valence-corrected chi connectivity index (χ1v) is 2.89. The minimum absolute atomic E-state index is 0.542. The maximum Gasteiger partial charge on any atom is 0.188 e. The molecule has 1 atom stereocenters. The Morgan fingerprint density at radius 2 is 2.33 bits per heavy atom. The van der Waals surface area contributed by atoms with Gasteiger partial charge >= 0.3 is 0 Å². The van der Waals surface area contributed by atoms with Crippen LogP contribution in [0.1, 0.15) is 6.42 Å². The molecule has 0 spiro atoms. The Labute approximate surface area is 54.5 Å². The molecule has 1 N–H and O–H groups in total. The summed E-state index contributed by atoms with van der Waals surface area (Å²) in [5.74, 6) is -1.05. The van der Waals surface area contributed by atoms with Crippen molar-refractivity contribution in [2.45, 2.75) is 12.2 Å². The molecule has 1 aliphatic carbocycles. The summed E-state index contributed by atoms with van der Waals surface area (Å²) in [5.41, 5.74) is 0. The van der Waals surface area contributed by atoms with Gasteiger partial charge in [0.1, 0.15) is 0 Å². The molecule has 0 aromatic carbocycles. The van der Waals surface area contributed by atoms with Gasteiger partial charge in [0, 0.05) is 13.5 Å². The summed E-state index contributed by atoms with van der Waals surface area (Å²) >= 11 is 0. The van der Waals surface area contributed by atoms with Gasteiger partial charge in [0.25, 0.3) is 0 Å². The molecule has 0 saturated carbocycles. The van der Waals surface area contributed by atoms with E-state index in [1.165, 1.54) is 7.11 Å². The second kappa shape index (κ2) is 2.33. The molecule has 0 heterocycles. The van der Waals surface area contributed by atoms with E-state index in [2.05, 4.69) is 0 Å². The van der Waals surface area contributed by atoms with Crippen LogP contribution in [0.5, 0.6) is 0 Å². The molecule has 9 heavy (non-hydrogen) atoms. The van der Waals surface area contributed by atoms with Crippen molar-refractivity contribution in [2.24, 2.45) is 0 Å². The zero-order valence-electron chi connectivity index (χ0n) is 5.37. The van der Waals surface area contributed by atoms with Crippen LogP contribution in [0.2, 0.25) is 0 Å². The number of methoxy groups -OCH3 is 1. The first-order valence-electron chi connectivity index (χ1n) is 2.89. The zero-order chi connectivity index (χ0) is 6.74. The van der Waals surface area contributed by atoms with Crippen molar-refractivity contribution in [3.05, 3.63) is 24.3 Å². The molecule has 0 aromatic heterocycles. The third-order valence-corrected chi connectivity index (χ3v) is 1.37. The van der Waals surface area contributed by atoms with Gasteiger partial charge in [0.15, 0.2) is 5.79 Å². The van der Waals surface area contributed by atoms with Crippen LogP contribution < -0.4 is 0 Å². The van der Waals surface area contributed by atoms with Gasteiger partial charge in [-0.3, -0.25) is 0 Å². The number of hydrogen-bond acceptors (Lipinski definition) is 2. The van der Waals surface area contributed by atoms with E-state index in [9.17, 15) is 5.11 Å². The summed E-state index contributed by atoms with van der Waals surface area (Å²) in [6.45, 7) is 0. The van der Waals surface area contributed by atoms with Gasteiger partial charge in [-0.15, -0.1) is 0 Å². The number of allylic oxidation sites excluding steroid dienone is 2. The quantitative estimate of drug-likeness (QED) is 0.527. The predicted molar refractivity (Wildman–Crippen MR) is 34.9 cm³/mol. The summed E-state index contributed by atoms with van der Waals surface area (Å²) < 4.78 is 4.80. The van der Waals surface area contributed by atoms with Gasteiger partial charge in [-0.1, -0.05) is 18.2 Å². The number of ether oxygens (including phenoxy) is 1. The predicted octanol–water partition coefficient (Wildman–Crippen LogP) is 0.838. The van der Waals surface area contributed by atoms with Gasteiger partial charge in [-0.2, -0.15) is 0 Å². The molecule has 0 saturated heterocycles. The van der Waals surface area contributed by atoms with Crippen molar-refractivity contribution >= 4 is 0 Å². The van der Waals surface area contributed by atoms with Gasteiger partial charge in [-0.05, 0) is 6.08 Å². The molecular formula is C7H10O2. The van der Waals surface area contributed by atoms with Crippen LogP contribution in [0.3, 0.4) is 0 Å². The van der Waals surface area contributed by atoms with Gasteiger partial charge in [0.2, 0.25) is 0 Å². The fraction of sp³-hybridized carbons (Fsp3) is 0.429. The standard InChI is InChI=1S/C7H10O2/c1-9-7(8)5-3-2-4-6-7/h2-5,8H,6H2,1H3. The van der Waals surface area contributed by atoms with Crippen molar-refractivity contribution < 1.29 is 9.84 Å². The van der Waals surface area contributed by atoms with E-state index < -0.39 is 5.79 Å². The van der Waals surface area contributed by atoms with Crippen LogP contribution in [0.4, 0.5) is 0 Å². The molecule has 0 radical (unpaired) electrons. The van der Waals surface area contributed by atoms with E-state index in [0.717, 1.165) is 0 Å². The Morgan fingerprint density at radius 3 is 2.67 bits per heavy atom. The van der Waals surface area contributed by atoms with Crippen molar-refractivity contribution in [3.63, 3.8) is 0 Å². The smallest absolute Gasteiger partial charge is 0.188 e. The van der Waals surface area contributed by atoms with Crippen LogP contribution in [0.15, 0.2) is 24.3 Å². The molecule has 1 unspecified atom stereocenters. The van der Waals surface area contributed by atoms with Crippen LogP contribution in [-0.4, -0.2) is 18.0 Å². The van der Waals surface area contributed by atoms with Crippen LogP contribution in [0.25, 0.3) is 0 Å². The van der Waals surface area contributed by atoms with Crippen LogP contribution in [-0.2, 0) is 4.74 Å². The Hall–Kier alpha value is -0.600. The second-order valence-electron chi connectivity index (χ2n) is 2.04. The lowest BCUT2D eigenvalue weighted by Crippen LogP contribution is -2.28. The Kier molecular flexibility index (Phi) is 1.69. The van der Waals surface area contributed by atoms with Gasteiger partial charge in [-0.25, -0.2) is 0 Å². The molecule has 50 valence electrons. The largest absolute Gasteiger partial charge is 0.362 e. The lowest BCUT2D eigenvalue weighted by molar-refractivity contribution is -0.143. The second-order valence-corrected chi connectivity index (χ2v) is 2.04. The van der Waals surface area contributed by atoms with Crippen molar-refractivity contribution in [1.82, 2.24) is 0 Å². The van der Waals surface area contributed by atoms with Gasteiger partial charge in [0.05, 0.1) is 0 Å². The Bertz CT molecular complexity index is 149. The number of rotatable bonds is 1. The molecule has 0 bridgehead atoms. The highest BCUT2D eigenvalue weighted by Gasteiger charge is 2.21. The number of hydrogen-bond donors (Lipinski definition) is 1. The average molecular weight is 126 g/mol. The monoisotopic (exact) mass is 126 g/mol. The highest BCUT2D eigenvalue weighted by Crippen LogP contribution is 2.16. The van der Waals surface area contributed by atoms with E-state index in [1.54, 1.807) is 12.2 Å². The molecular weight excluding hydrogens is 116 g/mol. The first-order chi connectivity index (χ1) is 4.27. The van der Waals surface area contributed by atoms with E-state index in [1.807, 2.05) is 12.2 Å². The lowest BCUT2D eigenvalue weighted by atomic mass is 10.1. The van der Waals surface area contributed by atoms with E-state index in [-0.39, 0.29) is 0 Å². The normalized spacial score (nSPS) is 33.1. The summed E-state index contributed by atoms with van der Waals surface area (Å²) in [4.78, 5) is 0. The third kappa shape index (κ3) is 1.40. The van der Waals surface area contributed by atoms with Crippen LogP contribution in [0, 0.1) is 0 Å². The maximum absolute atomic E-state index is 9.32. The molecule has 1 rings (SSSR count). The minimum Gasteiger partial charge on any atom is -0.362 e.